The zero-order valence-electron chi connectivity index (χ0n) is 23.6. The molecular formula is C30H34Cl2FN3O4S. The first-order valence-electron chi connectivity index (χ1n) is 13.0. The third kappa shape index (κ3) is 8.44. The fourth-order valence-corrected chi connectivity index (χ4v) is 5.92. The van der Waals surface area contributed by atoms with Gasteiger partial charge in [0.2, 0.25) is 11.8 Å². The molecule has 1 atom stereocenters. The molecule has 0 radical (unpaired) electrons. The second-order valence-electron chi connectivity index (χ2n) is 10.7. The van der Waals surface area contributed by atoms with E-state index in [1.165, 1.54) is 4.90 Å². The maximum atomic E-state index is 14.1. The van der Waals surface area contributed by atoms with Crippen LogP contribution in [0.3, 0.4) is 0 Å². The molecule has 0 heterocycles. The molecule has 11 heteroatoms. The zero-order chi connectivity index (χ0) is 30.5. The van der Waals surface area contributed by atoms with Gasteiger partial charge < -0.3 is 10.2 Å². The fourth-order valence-electron chi connectivity index (χ4n) is 4.18. The summed E-state index contributed by atoms with van der Waals surface area (Å²) >= 11 is 12.3. The number of nitrogens with one attached hydrogen (secondary N) is 1. The lowest BCUT2D eigenvalue weighted by Gasteiger charge is -2.34. The minimum absolute atomic E-state index is 0.0237. The van der Waals surface area contributed by atoms with E-state index < -0.39 is 39.9 Å². The lowest BCUT2D eigenvalue weighted by atomic mass is 10.1. The Hall–Kier alpha value is -3.14. The number of sulfonamides is 1. The van der Waals surface area contributed by atoms with E-state index in [1.54, 1.807) is 49.4 Å². The average molecular weight is 623 g/mol. The molecule has 0 fully saturated rings. The molecule has 0 unspecified atom stereocenters. The van der Waals surface area contributed by atoms with Crippen molar-refractivity contribution < 1.29 is 22.4 Å². The van der Waals surface area contributed by atoms with Gasteiger partial charge in [-0.25, -0.2) is 12.8 Å². The number of benzene rings is 3. The summed E-state index contributed by atoms with van der Waals surface area (Å²) in [4.78, 5) is 28.6. The number of anilines is 1. The third-order valence-corrected chi connectivity index (χ3v) is 8.75. The van der Waals surface area contributed by atoms with Gasteiger partial charge in [-0.15, -0.1) is 0 Å². The van der Waals surface area contributed by atoms with Crippen molar-refractivity contribution in [1.29, 1.82) is 0 Å². The summed E-state index contributed by atoms with van der Waals surface area (Å²) in [6.45, 7) is 8.49. The number of carbonyl (C=O) groups excluding carboxylic acids is 2. The predicted molar refractivity (Wildman–Crippen MR) is 161 cm³/mol. The number of rotatable bonds is 10. The highest BCUT2D eigenvalue weighted by molar-refractivity contribution is 7.92. The minimum Gasteiger partial charge on any atom is -0.350 e. The Morgan fingerprint density at radius 3 is 2.10 bits per heavy atom. The number of nitrogens with zero attached hydrogens (tertiary/aromatic N) is 2. The van der Waals surface area contributed by atoms with Crippen molar-refractivity contribution >= 4 is 50.7 Å². The number of carbonyl (C=O) groups is 2. The van der Waals surface area contributed by atoms with Crippen molar-refractivity contribution in [1.82, 2.24) is 10.2 Å². The van der Waals surface area contributed by atoms with E-state index in [1.807, 2.05) is 27.7 Å². The van der Waals surface area contributed by atoms with Crippen LogP contribution in [-0.2, 0) is 26.2 Å². The Balaban J connectivity index is 2.08. The summed E-state index contributed by atoms with van der Waals surface area (Å²) in [5.41, 5.74) is 1.18. The molecule has 1 N–H and O–H groups in total. The Labute approximate surface area is 251 Å². The Morgan fingerprint density at radius 2 is 1.56 bits per heavy atom. The number of aryl methyl sites for hydroxylation is 1. The molecule has 7 nitrogen and oxygen atoms in total. The summed E-state index contributed by atoms with van der Waals surface area (Å²) in [7, 11) is -4.30. The van der Waals surface area contributed by atoms with Gasteiger partial charge in [0.15, 0.2) is 0 Å². The quantitative estimate of drug-likeness (QED) is 0.285. The molecule has 0 saturated heterocycles. The van der Waals surface area contributed by atoms with Gasteiger partial charge in [-0.3, -0.25) is 13.9 Å². The van der Waals surface area contributed by atoms with E-state index in [-0.39, 0.29) is 34.5 Å². The van der Waals surface area contributed by atoms with Gasteiger partial charge in [-0.2, -0.15) is 0 Å². The van der Waals surface area contributed by atoms with Crippen LogP contribution in [0.4, 0.5) is 10.1 Å². The lowest BCUT2D eigenvalue weighted by Crippen LogP contribution is -2.55. The Bertz CT molecular complexity index is 1490. The second kappa shape index (κ2) is 13.2. The average Bonchev–Trinajstić information content (AvgIpc) is 2.89. The zero-order valence-corrected chi connectivity index (χ0v) is 25.9. The van der Waals surface area contributed by atoms with Crippen molar-refractivity contribution in [2.45, 2.75) is 64.1 Å². The molecule has 0 bridgehead atoms. The van der Waals surface area contributed by atoms with Crippen LogP contribution >= 0.6 is 23.2 Å². The van der Waals surface area contributed by atoms with Crippen LogP contribution in [0.5, 0.6) is 0 Å². The molecule has 0 saturated carbocycles. The van der Waals surface area contributed by atoms with Crippen LogP contribution in [0, 0.1) is 12.7 Å². The van der Waals surface area contributed by atoms with Crippen molar-refractivity contribution in [2.75, 3.05) is 10.8 Å². The maximum Gasteiger partial charge on any atom is 0.264 e. The molecule has 0 aromatic heterocycles. The van der Waals surface area contributed by atoms with Crippen molar-refractivity contribution in [2.24, 2.45) is 0 Å². The number of hydrogen-bond donors (Lipinski definition) is 1. The van der Waals surface area contributed by atoms with E-state index in [0.717, 1.165) is 34.1 Å². The van der Waals surface area contributed by atoms with Crippen LogP contribution in [-0.4, -0.2) is 43.3 Å². The number of halogens is 3. The molecule has 0 aliphatic carbocycles. The lowest BCUT2D eigenvalue weighted by molar-refractivity contribution is -0.141. The van der Waals surface area contributed by atoms with Crippen LogP contribution in [0.1, 0.15) is 45.2 Å². The smallest absolute Gasteiger partial charge is 0.264 e. The van der Waals surface area contributed by atoms with Gasteiger partial charge >= 0.3 is 0 Å². The van der Waals surface area contributed by atoms with E-state index in [4.69, 9.17) is 23.2 Å². The third-order valence-electron chi connectivity index (χ3n) is 6.22. The SMILES string of the molecule is CC[C@@H](C(=O)NC(C)(C)C)N(Cc1ccc(Cl)c(Cl)c1)C(=O)CN(c1ccc(C)cc1)S(=O)(=O)c1ccc(F)cc1. The van der Waals surface area contributed by atoms with E-state index in [9.17, 15) is 22.4 Å². The monoisotopic (exact) mass is 621 g/mol. The van der Waals surface area contributed by atoms with Gasteiger partial charge in [0, 0.05) is 12.1 Å². The Kier molecular flexibility index (Phi) is 10.4. The van der Waals surface area contributed by atoms with Crippen molar-refractivity contribution in [3.8, 4) is 0 Å². The highest BCUT2D eigenvalue weighted by atomic mass is 35.5. The largest absolute Gasteiger partial charge is 0.350 e. The van der Waals surface area contributed by atoms with Crippen LogP contribution in [0.2, 0.25) is 10.0 Å². The first kappa shape index (κ1) is 32.4. The van der Waals surface area contributed by atoms with E-state index >= 15 is 0 Å². The van der Waals surface area contributed by atoms with Crippen LogP contribution in [0.25, 0.3) is 0 Å². The number of hydrogen-bond acceptors (Lipinski definition) is 4. The van der Waals surface area contributed by atoms with Gasteiger partial charge in [-0.1, -0.05) is 53.9 Å². The van der Waals surface area contributed by atoms with Crippen LogP contribution in [0.15, 0.2) is 71.6 Å². The first-order chi connectivity index (χ1) is 19.1. The fraction of sp³-hybridized carbons (Fsp3) is 0.333. The molecule has 2 amide bonds. The van der Waals surface area contributed by atoms with Crippen molar-refractivity contribution in [3.63, 3.8) is 0 Å². The van der Waals surface area contributed by atoms with Gasteiger partial charge in [0.1, 0.15) is 18.4 Å². The minimum atomic E-state index is -4.30. The molecule has 220 valence electrons. The molecule has 0 aliphatic heterocycles. The normalized spacial score (nSPS) is 12.5. The summed E-state index contributed by atoms with van der Waals surface area (Å²) < 4.78 is 42.2. The molecule has 0 aliphatic rings. The summed E-state index contributed by atoms with van der Waals surface area (Å²) in [6, 6.07) is 15.0. The van der Waals surface area contributed by atoms with Gasteiger partial charge in [-0.05, 0) is 88.2 Å². The standard InChI is InChI=1S/C30H34Cl2FN3O4S/c1-6-27(29(38)34-30(3,4)5)35(18-21-9-16-25(31)26(32)17-21)28(37)19-36(23-12-7-20(2)8-13-23)41(39,40)24-14-10-22(33)11-15-24/h7-17,27H,6,18-19H2,1-5H3,(H,34,38)/t27-/m0/s1. The molecule has 3 aromatic carbocycles. The molecule has 41 heavy (non-hydrogen) atoms. The molecule has 0 spiro atoms. The van der Waals surface area contributed by atoms with E-state index in [0.29, 0.717) is 10.6 Å². The maximum absolute atomic E-state index is 14.1. The van der Waals surface area contributed by atoms with Crippen LogP contribution < -0.4 is 9.62 Å². The summed E-state index contributed by atoms with van der Waals surface area (Å²) in [6.07, 6.45) is 0.268. The van der Waals surface area contributed by atoms with Gasteiger partial charge in [0.05, 0.1) is 20.6 Å². The molecule has 3 aromatic rings. The highest BCUT2D eigenvalue weighted by Gasteiger charge is 2.34. The topological polar surface area (TPSA) is 86.8 Å². The Morgan fingerprint density at radius 1 is 0.951 bits per heavy atom. The van der Waals surface area contributed by atoms with Gasteiger partial charge in [0.25, 0.3) is 10.0 Å². The predicted octanol–water partition coefficient (Wildman–Crippen LogP) is 6.36. The summed E-state index contributed by atoms with van der Waals surface area (Å²) in [5.74, 6) is -1.58. The number of amides is 2. The second-order valence-corrected chi connectivity index (χ2v) is 13.4. The molecule has 3 rings (SSSR count). The summed E-state index contributed by atoms with van der Waals surface area (Å²) in [5, 5.41) is 3.53. The first-order valence-corrected chi connectivity index (χ1v) is 15.2. The molecular weight excluding hydrogens is 588 g/mol. The van der Waals surface area contributed by atoms with Crippen molar-refractivity contribution in [3.05, 3.63) is 93.7 Å². The highest BCUT2D eigenvalue weighted by Crippen LogP contribution is 2.27. The van der Waals surface area contributed by atoms with E-state index in [2.05, 4.69) is 5.32 Å².